The second-order valence-electron chi connectivity index (χ2n) is 3.66. The van der Waals surface area contributed by atoms with Crippen molar-refractivity contribution >= 4 is 5.69 Å². The summed E-state index contributed by atoms with van der Waals surface area (Å²) in [6.07, 6.45) is 4.85. The average Bonchev–Trinajstić information content (AvgIpc) is 2.63. The molecule has 1 aromatic carbocycles. The maximum Gasteiger partial charge on any atom is 0.105 e. The van der Waals surface area contributed by atoms with Gasteiger partial charge in [-0.1, -0.05) is 12.1 Å². The van der Waals surface area contributed by atoms with E-state index in [1.54, 1.807) is 0 Å². The molecule has 2 aromatic rings. The molecule has 0 saturated heterocycles. The van der Waals surface area contributed by atoms with Crippen molar-refractivity contribution < 1.29 is 0 Å². The standard InChI is InChI=1S/C12H15N3/c1-10-14-7-9-15(10)8-6-11-2-4-12(13)5-3-11/h2-5,7,9H,6,8,13H2,1H3. The topological polar surface area (TPSA) is 43.8 Å². The van der Waals surface area contributed by atoms with Crippen LogP contribution in [-0.4, -0.2) is 9.55 Å². The van der Waals surface area contributed by atoms with Crippen LogP contribution < -0.4 is 5.73 Å². The summed E-state index contributed by atoms with van der Waals surface area (Å²) in [4.78, 5) is 4.19. The van der Waals surface area contributed by atoms with E-state index < -0.39 is 0 Å². The van der Waals surface area contributed by atoms with Crippen LogP contribution >= 0.6 is 0 Å². The number of anilines is 1. The minimum atomic E-state index is 0.817. The Labute approximate surface area is 89.6 Å². The first-order valence-electron chi connectivity index (χ1n) is 5.08. The van der Waals surface area contributed by atoms with Crippen LogP contribution in [0, 0.1) is 6.92 Å². The van der Waals surface area contributed by atoms with E-state index >= 15 is 0 Å². The number of hydrogen-bond donors (Lipinski definition) is 1. The molecule has 15 heavy (non-hydrogen) atoms. The van der Waals surface area contributed by atoms with Gasteiger partial charge < -0.3 is 10.3 Å². The predicted octanol–water partition coefficient (Wildman–Crippen LogP) is 2.02. The number of aryl methyl sites for hydroxylation is 3. The van der Waals surface area contributed by atoms with Crippen LogP contribution in [-0.2, 0) is 13.0 Å². The van der Waals surface area contributed by atoms with Gasteiger partial charge in [0, 0.05) is 24.6 Å². The Morgan fingerprint density at radius 2 is 2.00 bits per heavy atom. The van der Waals surface area contributed by atoms with E-state index in [4.69, 9.17) is 5.73 Å². The lowest BCUT2D eigenvalue weighted by molar-refractivity contribution is 0.673. The van der Waals surface area contributed by atoms with Gasteiger partial charge in [-0.2, -0.15) is 0 Å². The van der Waals surface area contributed by atoms with Crippen molar-refractivity contribution in [1.82, 2.24) is 9.55 Å². The molecule has 0 saturated carbocycles. The molecule has 0 unspecified atom stereocenters. The highest BCUT2D eigenvalue weighted by molar-refractivity contribution is 5.39. The molecule has 2 N–H and O–H groups in total. The molecule has 1 heterocycles. The molecule has 3 heteroatoms. The lowest BCUT2D eigenvalue weighted by Gasteiger charge is -2.05. The molecular weight excluding hydrogens is 186 g/mol. The van der Waals surface area contributed by atoms with Crippen LogP contribution in [0.3, 0.4) is 0 Å². The molecule has 0 bridgehead atoms. The highest BCUT2D eigenvalue weighted by Crippen LogP contribution is 2.07. The summed E-state index contributed by atoms with van der Waals surface area (Å²) in [5.41, 5.74) is 7.75. The number of aromatic nitrogens is 2. The quantitative estimate of drug-likeness (QED) is 0.772. The molecule has 0 atom stereocenters. The first-order valence-corrected chi connectivity index (χ1v) is 5.08. The number of imidazole rings is 1. The molecule has 0 radical (unpaired) electrons. The van der Waals surface area contributed by atoms with Crippen LogP contribution in [0.2, 0.25) is 0 Å². The summed E-state index contributed by atoms with van der Waals surface area (Å²) in [5, 5.41) is 0. The van der Waals surface area contributed by atoms with Gasteiger partial charge in [-0.3, -0.25) is 0 Å². The summed E-state index contributed by atoms with van der Waals surface area (Å²) < 4.78 is 2.15. The Morgan fingerprint density at radius 1 is 1.27 bits per heavy atom. The van der Waals surface area contributed by atoms with Crippen molar-refractivity contribution in [3.8, 4) is 0 Å². The smallest absolute Gasteiger partial charge is 0.105 e. The molecular formula is C12H15N3. The van der Waals surface area contributed by atoms with Crippen molar-refractivity contribution in [3.05, 3.63) is 48.0 Å². The van der Waals surface area contributed by atoms with E-state index in [0.717, 1.165) is 24.5 Å². The van der Waals surface area contributed by atoms with Gasteiger partial charge >= 0.3 is 0 Å². The molecule has 0 aliphatic rings. The zero-order valence-electron chi connectivity index (χ0n) is 8.85. The van der Waals surface area contributed by atoms with E-state index in [1.807, 2.05) is 31.5 Å². The summed E-state index contributed by atoms with van der Waals surface area (Å²) in [6.45, 7) is 2.98. The Bertz CT molecular complexity index is 428. The molecule has 0 fully saturated rings. The largest absolute Gasteiger partial charge is 0.399 e. The van der Waals surface area contributed by atoms with E-state index in [1.165, 1.54) is 5.56 Å². The number of rotatable bonds is 3. The number of benzene rings is 1. The minimum absolute atomic E-state index is 0.817. The molecule has 0 aliphatic carbocycles. The summed E-state index contributed by atoms with van der Waals surface area (Å²) in [5.74, 6) is 1.06. The Morgan fingerprint density at radius 3 is 2.60 bits per heavy atom. The number of nitrogens with two attached hydrogens (primary N) is 1. The first kappa shape index (κ1) is 9.77. The fraction of sp³-hybridized carbons (Fsp3) is 0.250. The van der Waals surface area contributed by atoms with Crippen LogP contribution in [0.5, 0.6) is 0 Å². The van der Waals surface area contributed by atoms with Crippen LogP contribution in [0.1, 0.15) is 11.4 Å². The van der Waals surface area contributed by atoms with Gasteiger partial charge in [-0.25, -0.2) is 4.98 Å². The zero-order valence-corrected chi connectivity index (χ0v) is 8.85. The van der Waals surface area contributed by atoms with Crippen molar-refractivity contribution in [1.29, 1.82) is 0 Å². The van der Waals surface area contributed by atoms with Crippen LogP contribution in [0.4, 0.5) is 5.69 Å². The maximum absolute atomic E-state index is 5.63. The molecule has 2 rings (SSSR count). The Balaban J connectivity index is 1.99. The third-order valence-corrected chi connectivity index (χ3v) is 2.54. The number of hydrogen-bond acceptors (Lipinski definition) is 2. The molecule has 1 aromatic heterocycles. The van der Waals surface area contributed by atoms with Gasteiger partial charge in [0.05, 0.1) is 0 Å². The molecule has 0 amide bonds. The third kappa shape index (κ3) is 2.37. The fourth-order valence-electron chi connectivity index (χ4n) is 1.57. The van der Waals surface area contributed by atoms with Crippen molar-refractivity contribution in [3.63, 3.8) is 0 Å². The highest BCUT2D eigenvalue weighted by atomic mass is 15.0. The third-order valence-electron chi connectivity index (χ3n) is 2.54. The maximum atomic E-state index is 5.63. The minimum Gasteiger partial charge on any atom is -0.399 e. The van der Waals surface area contributed by atoms with E-state index in [0.29, 0.717) is 0 Å². The average molecular weight is 201 g/mol. The van der Waals surface area contributed by atoms with E-state index in [2.05, 4.69) is 21.7 Å². The van der Waals surface area contributed by atoms with Gasteiger partial charge in [0.2, 0.25) is 0 Å². The van der Waals surface area contributed by atoms with Crippen molar-refractivity contribution in [2.24, 2.45) is 0 Å². The number of nitrogens with zero attached hydrogens (tertiary/aromatic N) is 2. The second kappa shape index (κ2) is 4.17. The molecule has 0 spiro atoms. The second-order valence-corrected chi connectivity index (χ2v) is 3.66. The lowest BCUT2D eigenvalue weighted by atomic mass is 10.1. The Kier molecular flexibility index (Phi) is 2.72. The van der Waals surface area contributed by atoms with E-state index in [-0.39, 0.29) is 0 Å². The normalized spacial score (nSPS) is 10.5. The summed E-state index contributed by atoms with van der Waals surface area (Å²) in [6, 6.07) is 8.02. The van der Waals surface area contributed by atoms with Gasteiger partial charge in [0.1, 0.15) is 5.82 Å². The number of nitrogen functional groups attached to an aromatic ring is 1. The fourth-order valence-corrected chi connectivity index (χ4v) is 1.57. The highest BCUT2D eigenvalue weighted by Gasteiger charge is 1.97. The predicted molar refractivity (Wildman–Crippen MR) is 61.5 cm³/mol. The van der Waals surface area contributed by atoms with Gasteiger partial charge in [-0.15, -0.1) is 0 Å². The SMILES string of the molecule is Cc1nccn1CCc1ccc(N)cc1. The van der Waals surface area contributed by atoms with Crippen molar-refractivity contribution in [2.45, 2.75) is 19.9 Å². The molecule has 78 valence electrons. The summed E-state index contributed by atoms with van der Waals surface area (Å²) >= 11 is 0. The summed E-state index contributed by atoms with van der Waals surface area (Å²) in [7, 11) is 0. The van der Waals surface area contributed by atoms with Crippen LogP contribution in [0.15, 0.2) is 36.7 Å². The lowest BCUT2D eigenvalue weighted by Crippen LogP contribution is -2.02. The van der Waals surface area contributed by atoms with Gasteiger partial charge in [-0.05, 0) is 31.0 Å². The molecule has 3 nitrogen and oxygen atoms in total. The van der Waals surface area contributed by atoms with Gasteiger partial charge in [0.15, 0.2) is 0 Å². The monoisotopic (exact) mass is 201 g/mol. The van der Waals surface area contributed by atoms with Crippen LogP contribution in [0.25, 0.3) is 0 Å². The first-order chi connectivity index (χ1) is 7.25. The molecule has 0 aliphatic heterocycles. The van der Waals surface area contributed by atoms with E-state index in [9.17, 15) is 0 Å². The van der Waals surface area contributed by atoms with Gasteiger partial charge in [0.25, 0.3) is 0 Å². The Hall–Kier alpha value is -1.77. The zero-order chi connectivity index (χ0) is 10.7. The van der Waals surface area contributed by atoms with Crippen molar-refractivity contribution in [2.75, 3.05) is 5.73 Å².